The fraction of sp³-hybridized carbons (Fsp3) is 0.235. The summed E-state index contributed by atoms with van der Waals surface area (Å²) < 4.78 is 30.3. The van der Waals surface area contributed by atoms with Gasteiger partial charge >= 0.3 is 0 Å². The van der Waals surface area contributed by atoms with E-state index in [1.807, 2.05) is 18.2 Å². The van der Waals surface area contributed by atoms with Gasteiger partial charge in [-0.25, -0.2) is 8.42 Å². The van der Waals surface area contributed by atoms with E-state index in [1.54, 1.807) is 30.3 Å². The van der Waals surface area contributed by atoms with Crippen molar-refractivity contribution in [2.45, 2.75) is 6.54 Å². The summed E-state index contributed by atoms with van der Waals surface area (Å²) in [6.07, 6.45) is 1.07. The van der Waals surface area contributed by atoms with E-state index in [0.29, 0.717) is 16.5 Å². The number of nitrogens with one attached hydrogen (secondary N) is 1. The molecule has 0 fully saturated rings. The van der Waals surface area contributed by atoms with Gasteiger partial charge in [0.1, 0.15) is 5.75 Å². The molecule has 8 heteroatoms. The van der Waals surface area contributed by atoms with Crippen LogP contribution in [-0.4, -0.2) is 38.5 Å². The second-order valence-electron chi connectivity index (χ2n) is 5.41. The Morgan fingerprint density at radius 2 is 1.88 bits per heavy atom. The Labute approximate surface area is 152 Å². The van der Waals surface area contributed by atoms with Crippen LogP contribution < -0.4 is 10.1 Å². The van der Waals surface area contributed by atoms with E-state index >= 15 is 0 Å². The minimum Gasteiger partial charge on any atom is -0.495 e. The van der Waals surface area contributed by atoms with Crippen molar-refractivity contribution in [3.05, 3.63) is 59.1 Å². The van der Waals surface area contributed by atoms with E-state index in [0.717, 1.165) is 16.1 Å². The molecule has 2 aromatic rings. The van der Waals surface area contributed by atoms with E-state index in [-0.39, 0.29) is 13.1 Å². The Kier molecular flexibility index (Phi) is 6.41. The SMILES string of the molecule is COc1ccc(Cl)cc1NC(=O)CN(Cc1ccccc1)S(C)(=O)=O. The molecule has 2 rings (SSSR count). The maximum absolute atomic E-state index is 12.3. The first-order valence-electron chi connectivity index (χ1n) is 7.42. The number of ether oxygens (including phenoxy) is 1. The van der Waals surface area contributed by atoms with Gasteiger partial charge in [-0.05, 0) is 23.8 Å². The number of hydrogen-bond acceptors (Lipinski definition) is 4. The molecule has 25 heavy (non-hydrogen) atoms. The van der Waals surface area contributed by atoms with Crippen molar-refractivity contribution in [1.82, 2.24) is 4.31 Å². The highest BCUT2D eigenvalue weighted by molar-refractivity contribution is 7.88. The number of hydrogen-bond donors (Lipinski definition) is 1. The van der Waals surface area contributed by atoms with Gasteiger partial charge in [-0.1, -0.05) is 41.9 Å². The zero-order valence-corrected chi connectivity index (χ0v) is 15.5. The topological polar surface area (TPSA) is 75.7 Å². The molecule has 1 amide bonds. The first kappa shape index (κ1) is 19.2. The molecule has 0 saturated carbocycles. The predicted molar refractivity (Wildman–Crippen MR) is 98.3 cm³/mol. The fourth-order valence-electron chi connectivity index (χ4n) is 2.21. The molecule has 0 aliphatic carbocycles. The van der Waals surface area contributed by atoms with Crippen LogP contribution in [0.4, 0.5) is 5.69 Å². The summed E-state index contributed by atoms with van der Waals surface area (Å²) in [6, 6.07) is 13.9. The summed E-state index contributed by atoms with van der Waals surface area (Å²) in [4.78, 5) is 12.3. The fourth-order valence-corrected chi connectivity index (χ4v) is 3.11. The normalized spacial score (nSPS) is 11.4. The van der Waals surface area contributed by atoms with Gasteiger partial charge in [-0.2, -0.15) is 4.31 Å². The maximum atomic E-state index is 12.3. The van der Waals surface area contributed by atoms with Crippen LogP contribution in [0.1, 0.15) is 5.56 Å². The Balaban J connectivity index is 2.14. The molecule has 0 aliphatic rings. The van der Waals surface area contributed by atoms with E-state index in [1.165, 1.54) is 7.11 Å². The van der Waals surface area contributed by atoms with Crippen LogP contribution in [0, 0.1) is 0 Å². The molecule has 0 radical (unpaired) electrons. The molecule has 0 aromatic heterocycles. The average molecular weight is 383 g/mol. The third-order valence-corrected chi connectivity index (χ3v) is 4.86. The molecule has 0 aliphatic heterocycles. The van der Waals surface area contributed by atoms with Gasteiger partial charge in [0.2, 0.25) is 15.9 Å². The molecule has 0 heterocycles. The number of sulfonamides is 1. The van der Waals surface area contributed by atoms with Gasteiger partial charge < -0.3 is 10.1 Å². The molecule has 0 saturated heterocycles. The van der Waals surface area contributed by atoms with Crippen molar-refractivity contribution in [2.75, 3.05) is 25.2 Å². The summed E-state index contributed by atoms with van der Waals surface area (Å²) in [7, 11) is -2.09. The van der Waals surface area contributed by atoms with Crippen LogP contribution in [0.25, 0.3) is 0 Å². The zero-order chi connectivity index (χ0) is 18.4. The summed E-state index contributed by atoms with van der Waals surface area (Å²) >= 11 is 5.93. The van der Waals surface area contributed by atoms with Crippen molar-refractivity contribution in [3.63, 3.8) is 0 Å². The number of carbonyl (C=O) groups excluding carboxylic acids is 1. The molecular formula is C17H19ClN2O4S. The second kappa shape index (κ2) is 8.33. The van der Waals surface area contributed by atoms with Crippen molar-refractivity contribution in [3.8, 4) is 5.75 Å². The summed E-state index contributed by atoms with van der Waals surface area (Å²) in [5, 5.41) is 3.07. The number of rotatable bonds is 7. The molecule has 0 unspecified atom stereocenters. The van der Waals surface area contributed by atoms with E-state index in [9.17, 15) is 13.2 Å². The van der Waals surface area contributed by atoms with Crippen LogP contribution in [-0.2, 0) is 21.4 Å². The van der Waals surface area contributed by atoms with E-state index < -0.39 is 15.9 Å². The summed E-state index contributed by atoms with van der Waals surface area (Å²) in [6.45, 7) is -0.205. The van der Waals surface area contributed by atoms with Gasteiger partial charge in [0, 0.05) is 11.6 Å². The third-order valence-electron chi connectivity index (χ3n) is 3.43. The third kappa shape index (κ3) is 5.74. The van der Waals surface area contributed by atoms with Crippen molar-refractivity contribution in [1.29, 1.82) is 0 Å². The Hall–Kier alpha value is -2.09. The van der Waals surface area contributed by atoms with E-state index in [2.05, 4.69) is 5.32 Å². The first-order valence-corrected chi connectivity index (χ1v) is 9.64. The number of carbonyl (C=O) groups is 1. The monoisotopic (exact) mass is 382 g/mol. The molecule has 0 bridgehead atoms. The Morgan fingerprint density at radius 1 is 1.20 bits per heavy atom. The summed E-state index contributed by atoms with van der Waals surface area (Å²) in [5.41, 5.74) is 1.18. The van der Waals surface area contributed by atoms with Crippen LogP contribution in [0.15, 0.2) is 48.5 Å². The Bertz CT molecular complexity index is 841. The minimum absolute atomic E-state index is 0.111. The predicted octanol–water partition coefficient (Wildman–Crippen LogP) is 2.75. The second-order valence-corrected chi connectivity index (χ2v) is 7.83. The number of nitrogens with zero attached hydrogens (tertiary/aromatic N) is 1. The van der Waals surface area contributed by atoms with Crippen LogP contribution in [0.3, 0.4) is 0 Å². The maximum Gasteiger partial charge on any atom is 0.239 e. The average Bonchev–Trinajstić information content (AvgIpc) is 2.54. The smallest absolute Gasteiger partial charge is 0.239 e. The highest BCUT2D eigenvalue weighted by Gasteiger charge is 2.21. The van der Waals surface area contributed by atoms with E-state index in [4.69, 9.17) is 16.3 Å². The number of amides is 1. The van der Waals surface area contributed by atoms with Gasteiger partial charge in [0.05, 0.1) is 25.6 Å². The van der Waals surface area contributed by atoms with Crippen molar-refractivity contribution < 1.29 is 17.9 Å². The zero-order valence-electron chi connectivity index (χ0n) is 13.9. The van der Waals surface area contributed by atoms with Gasteiger partial charge in [0.25, 0.3) is 0 Å². The number of halogens is 1. The number of benzene rings is 2. The van der Waals surface area contributed by atoms with Crippen LogP contribution in [0.5, 0.6) is 5.75 Å². The lowest BCUT2D eigenvalue weighted by atomic mass is 10.2. The highest BCUT2D eigenvalue weighted by Crippen LogP contribution is 2.27. The Morgan fingerprint density at radius 3 is 2.48 bits per heavy atom. The van der Waals surface area contributed by atoms with Crippen LogP contribution in [0.2, 0.25) is 5.02 Å². The van der Waals surface area contributed by atoms with Crippen LogP contribution >= 0.6 is 11.6 Å². The quantitative estimate of drug-likeness (QED) is 0.798. The molecule has 0 spiro atoms. The standard InChI is InChI=1S/C17H19ClN2O4S/c1-24-16-9-8-14(18)10-15(16)19-17(21)12-20(25(2,22)23)11-13-6-4-3-5-7-13/h3-10H,11-12H2,1-2H3,(H,19,21). The van der Waals surface area contributed by atoms with Crippen molar-refractivity contribution in [2.24, 2.45) is 0 Å². The van der Waals surface area contributed by atoms with Gasteiger partial charge in [-0.15, -0.1) is 0 Å². The molecule has 134 valence electrons. The molecular weight excluding hydrogens is 364 g/mol. The highest BCUT2D eigenvalue weighted by atomic mass is 35.5. The van der Waals surface area contributed by atoms with Gasteiger partial charge in [0.15, 0.2) is 0 Å². The van der Waals surface area contributed by atoms with Gasteiger partial charge in [-0.3, -0.25) is 4.79 Å². The molecule has 1 N–H and O–H groups in total. The largest absolute Gasteiger partial charge is 0.495 e. The van der Waals surface area contributed by atoms with Crippen molar-refractivity contribution >= 4 is 33.2 Å². The lowest BCUT2D eigenvalue weighted by Crippen LogP contribution is -2.36. The molecule has 6 nitrogen and oxygen atoms in total. The molecule has 2 aromatic carbocycles. The minimum atomic E-state index is -3.56. The lowest BCUT2D eigenvalue weighted by Gasteiger charge is -2.20. The number of methoxy groups -OCH3 is 1. The number of anilines is 1. The first-order chi connectivity index (χ1) is 11.8. The molecule has 0 atom stereocenters. The summed E-state index contributed by atoms with van der Waals surface area (Å²) in [5.74, 6) is -0.0476. The lowest BCUT2D eigenvalue weighted by molar-refractivity contribution is -0.116.